The molecule has 0 aromatic heterocycles. The van der Waals surface area contributed by atoms with Crippen LogP contribution in [0.25, 0.3) is 0 Å². The molecule has 0 radical (unpaired) electrons. The van der Waals surface area contributed by atoms with E-state index >= 15 is 0 Å². The maximum Gasteiger partial charge on any atom is 0.340 e. The average molecular weight is 251 g/mol. The molecule has 1 aromatic rings. The second kappa shape index (κ2) is 7.01. The smallest absolute Gasteiger partial charge is 0.340 e. The normalized spacial score (nSPS) is 10.7. The van der Waals surface area contributed by atoms with Crippen LogP contribution in [0.4, 0.5) is 5.69 Å². The fourth-order valence-corrected chi connectivity index (χ4v) is 1.45. The first-order valence-electron chi connectivity index (χ1n) is 6.22. The molecule has 0 spiro atoms. The van der Waals surface area contributed by atoms with E-state index in [9.17, 15) is 4.79 Å². The van der Waals surface area contributed by atoms with Crippen LogP contribution >= 0.6 is 0 Å². The number of benzene rings is 1. The highest BCUT2D eigenvalue weighted by molar-refractivity contribution is 5.95. The van der Waals surface area contributed by atoms with Crippen molar-refractivity contribution in [3.8, 4) is 0 Å². The highest BCUT2D eigenvalue weighted by atomic mass is 16.5. The Balaban J connectivity index is 2.80. The Morgan fingerprint density at radius 2 is 2.11 bits per heavy atom. The summed E-state index contributed by atoms with van der Waals surface area (Å²) < 4.78 is 10.6. The summed E-state index contributed by atoms with van der Waals surface area (Å²) in [5.74, 6) is -0.374. The van der Waals surface area contributed by atoms with Gasteiger partial charge in [0.25, 0.3) is 0 Å². The molecule has 0 amide bonds. The molecule has 0 saturated heterocycles. The molecular formula is C14H21NO3. The molecule has 4 heteroatoms. The molecule has 4 nitrogen and oxygen atoms in total. The van der Waals surface area contributed by atoms with Crippen LogP contribution in [-0.4, -0.2) is 18.7 Å². The number of nitrogen functional groups attached to an aromatic ring is 1. The first-order chi connectivity index (χ1) is 8.56. The van der Waals surface area contributed by atoms with Gasteiger partial charge in [0, 0.05) is 5.56 Å². The lowest BCUT2D eigenvalue weighted by Gasteiger charge is -2.12. The Morgan fingerprint density at radius 1 is 1.39 bits per heavy atom. The van der Waals surface area contributed by atoms with Crippen molar-refractivity contribution < 1.29 is 14.3 Å². The zero-order valence-electron chi connectivity index (χ0n) is 11.2. The number of para-hydroxylation sites is 1. The summed E-state index contributed by atoms with van der Waals surface area (Å²) in [6.07, 6.45) is 0.919. The second-order valence-electron chi connectivity index (χ2n) is 4.37. The van der Waals surface area contributed by atoms with Crippen molar-refractivity contribution in [2.24, 2.45) is 0 Å². The predicted molar refractivity (Wildman–Crippen MR) is 71.4 cm³/mol. The van der Waals surface area contributed by atoms with E-state index in [-0.39, 0.29) is 12.1 Å². The number of rotatable bonds is 6. The van der Waals surface area contributed by atoms with Crippen LogP contribution in [0.5, 0.6) is 0 Å². The summed E-state index contributed by atoms with van der Waals surface area (Å²) in [6.45, 7) is 6.66. The number of anilines is 1. The van der Waals surface area contributed by atoms with E-state index in [0.29, 0.717) is 24.5 Å². The minimum absolute atomic E-state index is 0.125. The van der Waals surface area contributed by atoms with Crippen LogP contribution < -0.4 is 5.73 Å². The summed E-state index contributed by atoms with van der Waals surface area (Å²) in [4.78, 5) is 11.8. The van der Waals surface area contributed by atoms with Crippen molar-refractivity contribution in [2.45, 2.75) is 39.9 Å². The Labute approximate surface area is 108 Å². The molecule has 0 aliphatic carbocycles. The number of ether oxygens (including phenoxy) is 2. The highest BCUT2D eigenvalue weighted by Gasteiger charge is 2.13. The van der Waals surface area contributed by atoms with Crippen LogP contribution in [0.3, 0.4) is 0 Å². The molecule has 1 aromatic carbocycles. The van der Waals surface area contributed by atoms with Crippen LogP contribution in [0.1, 0.15) is 43.1 Å². The van der Waals surface area contributed by atoms with Crippen molar-refractivity contribution in [3.05, 3.63) is 29.3 Å². The van der Waals surface area contributed by atoms with Gasteiger partial charge in [0.15, 0.2) is 0 Å². The monoisotopic (exact) mass is 251 g/mol. The van der Waals surface area contributed by atoms with Gasteiger partial charge in [-0.3, -0.25) is 0 Å². The van der Waals surface area contributed by atoms with Gasteiger partial charge in [-0.05, 0) is 26.3 Å². The van der Waals surface area contributed by atoms with Gasteiger partial charge in [-0.25, -0.2) is 4.79 Å². The molecule has 0 unspecified atom stereocenters. The quantitative estimate of drug-likeness (QED) is 0.623. The van der Waals surface area contributed by atoms with Gasteiger partial charge in [-0.2, -0.15) is 0 Å². The number of carbonyl (C=O) groups is 1. The Hall–Kier alpha value is -1.55. The summed E-state index contributed by atoms with van der Waals surface area (Å²) in [5.41, 5.74) is 7.63. The maximum atomic E-state index is 11.8. The molecule has 0 heterocycles. The Kier molecular flexibility index (Phi) is 5.65. The lowest BCUT2D eigenvalue weighted by atomic mass is 10.1. The predicted octanol–water partition coefficient (Wildman–Crippen LogP) is 2.76. The first-order valence-corrected chi connectivity index (χ1v) is 6.22. The van der Waals surface area contributed by atoms with Crippen LogP contribution in [-0.2, 0) is 16.1 Å². The molecule has 0 fully saturated rings. The third-order valence-electron chi connectivity index (χ3n) is 2.43. The van der Waals surface area contributed by atoms with Gasteiger partial charge >= 0.3 is 5.97 Å². The fraction of sp³-hybridized carbons (Fsp3) is 0.500. The standard InChI is InChI=1S/C14H21NO3/c1-4-8-17-14(16)12-7-5-6-11(13(12)15)9-18-10(2)3/h5-7,10H,4,8-9,15H2,1-3H3. The molecule has 100 valence electrons. The van der Waals surface area contributed by atoms with Crippen molar-refractivity contribution in [2.75, 3.05) is 12.3 Å². The molecular weight excluding hydrogens is 230 g/mol. The molecule has 2 N–H and O–H groups in total. The number of carbonyl (C=O) groups excluding carboxylic acids is 1. The van der Waals surface area contributed by atoms with Crippen molar-refractivity contribution in [1.29, 1.82) is 0 Å². The van der Waals surface area contributed by atoms with E-state index in [1.807, 2.05) is 26.8 Å². The van der Waals surface area contributed by atoms with Crippen LogP contribution in [0.15, 0.2) is 18.2 Å². The van der Waals surface area contributed by atoms with Crippen LogP contribution in [0, 0.1) is 0 Å². The van der Waals surface area contributed by atoms with E-state index in [1.54, 1.807) is 12.1 Å². The third-order valence-corrected chi connectivity index (χ3v) is 2.43. The van der Waals surface area contributed by atoms with Crippen molar-refractivity contribution in [1.82, 2.24) is 0 Å². The Bertz CT molecular complexity index is 402. The lowest BCUT2D eigenvalue weighted by Crippen LogP contribution is -2.11. The molecule has 0 atom stereocenters. The van der Waals surface area contributed by atoms with E-state index in [2.05, 4.69) is 0 Å². The summed E-state index contributed by atoms with van der Waals surface area (Å²) in [5, 5.41) is 0. The number of hydrogen-bond donors (Lipinski definition) is 1. The highest BCUT2D eigenvalue weighted by Crippen LogP contribution is 2.20. The lowest BCUT2D eigenvalue weighted by molar-refractivity contribution is 0.0505. The molecule has 1 rings (SSSR count). The number of hydrogen-bond acceptors (Lipinski definition) is 4. The molecule has 18 heavy (non-hydrogen) atoms. The first kappa shape index (κ1) is 14.5. The minimum Gasteiger partial charge on any atom is -0.462 e. The van der Waals surface area contributed by atoms with E-state index in [1.165, 1.54) is 0 Å². The Morgan fingerprint density at radius 3 is 2.72 bits per heavy atom. The van der Waals surface area contributed by atoms with Crippen molar-refractivity contribution >= 4 is 11.7 Å². The zero-order chi connectivity index (χ0) is 13.5. The van der Waals surface area contributed by atoms with Gasteiger partial charge in [0.1, 0.15) is 0 Å². The summed E-state index contributed by atoms with van der Waals surface area (Å²) >= 11 is 0. The number of esters is 1. The molecule has 0 aliphatic heterocycles. The van der Waals surface area contributed by atoms with Crippen molar-refractivity contribution in [3.63, 3.8) is 0 Å². The van der Waals surface area contributed by atoms with E-state index in [0.717, 1.165) is 12.0 Å². The SMILES string of the molecule is CCCOC(=O)c1cccc(COC(C)C)c1N. The zero-order valence-corrected chi connectivity index (χ0v) is 11.2. The van der Waals surface area contributed by atoms with Gasteiger partial charge in [-0.15, -0.1) is 0 Å². The fourth-order valence-electron chi connectivity index (χ4n) is 1.45. The summed E-state index contributed by atoms with van der Waals surface area (Å²) in [7, 11) is 0. The number of nitrogens with two attached hydrogens (primary N) is 1. The second-order valence-corrected chi connectivity index (χ2v) is 4.37. The topological polar surface area (TPSA) is 61.5 Å². The maximum absolute atomic E-state index is 11.8. The largest absolute Gasteiger partial charge is 0.462 e. The van der Waals surface area contributed by atoms with Gasteiger partial charge in [0.2, 0.25) is 0 Å². The molecule has 0 aliphatic rings. The van der Waals surface area contributed by atoms with E-state index < -0.39 is 0 Å². The van der Waals surface area contributed by atoms with Gasteiger partial charge in [0.05, 0.1) is 30.6 Å². The minimum atomic E-state index is -0.374. The molecule has 0 saturated carbocycles. The third kappa shape index (κ3) is 4.04. The average Bonchev–Trinajstić information content (AvgIpc) is 2.34. The van der Waals surface area contributed by atoms with Crippen LogP contribution in [0.2, 0.25) is 0 Å². The van der Waals surface area contributed by atoms with Gasteiger partial charge < -0.3 is 15.2 Å². The molecule has 0 bridgehead atoms. The van der Waals surface area contributed by atoms with E-state index in [4.69, 9.17) is 15.2 Å². The summed E-state index contributed by atoms with van der Waals surface area (Å²) in [6, 6.07) is 5.32. The van der Waals surface area contributed by atoms with Gasteiger partial charge in [-0.1, -0.05) is 19.1 Å².